The fourth-order valence-electron chi connectivity index (χ4n) is 1.39. The molecular formula is C12H19N3O. The van der Waals surface area contributed by atoms with Gasteiger partial charge in [0.15, 0.2) is 0 Å². The predicted molar refractivity (Wildman–Crippen MR) is 69.6 cm³/mol. The van der Waals surface area contributed by atoms with Crippen molar-refractivity contribution in [1.29, 1.82) is 0 Å². The number of hydrogen-bond donors (Lipinski definition) is 2. The number of hydrogen-bond acceptors (Lipinski definition) is 4. The van der Waals surface area contributed by atoms with Gasteiger partial charge in [-0.1, -0.05) is 12.2 Å². The van der Waals surface area contributed by atoms with E-state index in [1.807, 2.05) is 36.2 Å². The minimum Gasteiger partial charge on any atom is -0.399 e. The van der Waals surface area contributed by atoms with Crippen molar-refractivity contribution in [3.05, 3.63) is 30.4 Å². The summed E-state index contributed by atoms with van der Waals surface area (Å²) in [5, 5.41) is 0. The van der Waals surface area contributed by atoms with Crippen LogP contribution >= 0.6 is 0 Å². The molecule has 0 atom stereocenters. The highest BCUT2D eigenvalue weighted by molar-refractivity contribution is 5.71. The maximum atomic E-state index is 5.87. The van der Waals surface area contributed by atoms with Gasteiger partial charge in [0.25, 0.3) is 0 Å². The highest BCUT2D eigenvalue weighted by atomic mass is 16.5. The van der Waals surface area contributed by atoms with Crippen LogP contribution in [0.15, 0.2) is 30.4 Å². The average Bonchev–Trinajstić information content (AvgIpc) is 2.27. The van der Waals surface area contributed by atoms with Crippen LogP contribution in [0.2, 0.25) is 0 Å². The summed E-state index contributed by atoms with van der Waals surface area (Å²) in [6.45, 7) is 1.40. The zero-order chi connectivity index (χ0) is 12.0. The van der Waals surface area contributed by atoms with Crippen molar-refractivity contribution in [3.63, 3.8) is 0 Å². The average molecular weight is 221 g/mol. The van der Waals surface area contributed by atoms with Crippen molar-refractivity contribution < 1.29 is 4.74 Å². The second-order valence-electron chi connectivity index (χ2n) is 3.63. The number of likely N-dealkylation sites (N-methyl/N-ethyl adjacent to an activating group) is 1. The van der Waals surface area contributed by atoms with E-state index in [1.54, 1.807) is 13.2 Å². The van der Waals surface area contributed by atoms with Crippen LogP contribution in [0.3, 0.4) is 0 Å². The summed E-state index contributed by atoms with van der Waals surface area (Å²) in [4.78, 5) is 2.04. The summed E-state index contributed by atoms with van der Waals surface area (Å²) < 4.78 is 4.92. The molecule has 0 heterocycles. The van der Waals surface area contributed by atoms with Crippen molar-refractivity contribution in [2.24, 2.45) is 0 Å². The summed E-state index contributed by atoms with van der Waals surface area (Å²) in [6.07, 6.45) is 4.01. The topological polar surface area (TPSA) is 64.5 Å². The summed E-state index contributed by atoms with van der Waals surface area (Å²) in [7, 11) is 3.65. The lowest BCUT2D eigenvalue weighted by Crippen LogP contribution is -2.18. The third-order valence-corrected chi connectivity index (χ3v) is 2.27. The van der Waals surface area contributed by atoms with Gasteiger partial charge in [0, 0.05) is 26.4 Å². The molecule has 1 aromatic rings. The standard InChI is InChI=1S/C12H19N3O/c1-15(7-3-4-8-16-2)12-9-10(13)5-6-11(12)14/h3-6,9H,7-8,13-14H2,1-2H3/b4-3+. The van der Waals surface area contributed by atoms with E-state index in [1.165, 1.54) is 0 Å². The Bertz CT molecular complexity index is 363. The molecule has 0 aliphatic rings. The Balaban J connectivity index is 2.65. The first-order valence-corrected chi connectivity index (χ1v) is 5.15. The molecule has 16 heavy (non-hydrogen) atoms. The molecule has 0 radical (unpaired) electrons. The Hall–Kier alpha value is -1.68. The number of rotatable bonds is 5. The zero-order valence-electron chi connectivity index (χ0n) is 9.81. The summed E-state index contributed by atoms with van der Waals surface area (Å²) in [5.74, 6) is 0. The largest absolute Gasteiger partial charge is 0.399 e. The lowest BCUT2D eigenvalue weighted by molar-refractivity contribution is 0.233. The Morgan fingerprint density at radius 3 is 2.75 bits per heavy atom. The molecule has 0 aliphatic heterocycles. The zero-order valence-corrected chi connectivity index (χ0v) is 9.81. The van der Waals surface area contributed by atoms with Crippen LogP contribution < -0.4 is 16.4 Å². The van der Waals surface area contributed by atoms with Gasteiger partial charge in [0.05, 0.1) is 18.0 Å². The summed E-state index contributed by atoms with van der Waals surface area (Å²) in [6, 6.07) is 5.49. The molecule has 0 saturated heterocycles. The molecule has 4 nitrogen and oxygen atoms in total. The number of nitrogen functional groups attached to an aromatic ring is 2. The highest BCUT2D eigenvalue weighted by Gasteiger charge is 2.03. The van der Waals surface area contributed by atoms with Crippen LogP contribution in [-0.4, -0.2) is 27.3 Å². The van der Waals surface area contributed by atoms with Gasteiger partial charge >= 0.3 is 0 Å². The molecule has 0 aromatic heterocycles. The Morgan fingerprint density at radius 1 is 1.31 bits per heavy atom. The minimum atomic E-state index is 0.625. The van der Waals surface area contributed by atoms with Crippen LogP contribution in [0, 0.1) is 0 Å². The molecule has 0 fully saturated rings. The van der Waals surface area contributed by atoms with Gasteiger partial charge in [-0.15, -0.1) is 0 Å². The molecule has 0 saturated carbocycles. The summed E-state index contributed by atoms with van der Waals surface area (Å²) in [5.41, 5.74) is 14.0. The van der Waals surface area contributed by atoms with E-state index in [2.05, 4.69) is 0 Å². The quantitative estimate of drug-likeness (QED) is 0.584. The molecular weight excluding hydrogens is 202 g/mol. The van der Waals surface area contributed by atoms with Crippen LogP contribution in [0.4, 0.5) is 17.1 Å². The van der Waals surface area contributed by atoms with Crippen LogP contribution in [0.25, 0.3) is 0 Å². The Labute approximate surface area is 96.5 Å². The smallest absolute Gasteiger partial charge is 0.0644 e. The first-order chi connectivity index (χ1) is 7.65. The molecule has 0 amide bonds. The number of ether oxygens (including phenoxy) is 1. The molecule has 1 rings (SSSR count). The third-order valence-electron chi connectivity index (χ3n) is 2.27. The van der Waals surface area contributed by atoms with E-state index < -0.39 is 0 Å². The van der Waals surface area contributed by atoms with Crippen LogP contribution in [-0.2, 0) is 4.74 Å². The molecule has 1 aromatic carbocycles. The Morgan fingerprint density at radius 2 is 2.06 bits per heavy atom. The fourth-order valence-corrected chi connectivity index (χ4v) is 1.39. The molecule has 0 unspecified atom stereocenters. The minimum absolute atomic E-state index is 0.625. The van der Waals surface area contributed by atoms with E-state index in [4.69, 9.17) is 16.2 Å². The number of benzene rings is 1. The lowest BCUT2D eigenvalue weighted by Gasteiger charge is -2.19. The van der Waals surface area contributed by atoms with Crippen molar-refractivity contribution in [2.75, 3.05) is 43.7 Å². The van der Waals surface area contributed by atoms with Gasteiger partial charge in [0.2, 0.25) is 0 Å². The van der Waals surface area contributed by atoms with E-state index >= 15 is 0 Å². The molecule has 0 spiro atoms. The van der Waals surface area contributed by atoms with E-state index in [-0.39, 0.29) is 0 Å². The van der Waals surface area contributed by atoms with Crippen molar-refractivity contribution in [3.8, 4) is 0 Å². The monoisotopic (exact) mass is 221 g/mol. The van der Waals surface area contributed by atoms with Gasteiger partial charge < -0.3 is 21.1 Å². The molecule has 0 aliphatic carbocycles. The SMILES string of the molecule is COC/C=C/CN(C)c1cc(N)ccc1N. The van der Waals surface area contributed by atoms with E-state index in [9.17, 15) is 0 Å². The molecule has 88 valence electrons. The van der Waals surface area contributed by atoms with E-state index in [0.717, 1.165) is 23.6 Å². The maximum Gasteiger partial charge on any atom is 0.0644 e. The van der Waals surface area contributed by atoms with Crippen LogP contribution in [0.5, 0.6) is 0 Å². The number of nitrogens with two attached hydrogens (primary N) is 2. The normalized spacial score (nSPS) is 10.9. The molecule has 4 N–H and O–H groups in total. The lowest BCUT2D eigenvalue weighted by atomic mass is 10.2. The van der Waals surface area contributed by atoms with Gasteiger partial charge in [-0.3, -0.25) is 0 Å². The predicted octanol–water partition coefficient (Wildman–Crippen LogP) is 1.49. The third kappa shape index (κ3) is 3.47. The molecule has 0 bridgehead atoms. The Kier molecular flexibility index (Phi) is 4.66. The first kappa shape index (κ1) is 12.4. The van der Waals surface area contributed by atoms with E-state index in [0.29, 0.717) is 6.61 Å². The highest BCUT2D eigenvalue weighted by Crippen LogP contribution is 2.24. The van der Waals surface area contributed by atoms with Gasteiger partial charge in [0.1, 0.15) is 0 Å². The second-order valence-corrected chi connectivity index (χ2v) is 3.63. The number of nitrogens with zero attached hydrogens (tertiary/aromatic N) is 1. The number of anilines is 3. The number of methoxy groups -OCH3 is 1. The van der Waals surface area contributed by atoms with Crippen molar-refractivity contribution in [2.45, 2.75) is 0 Å². The van der Waals surface area contributed by atoms with Gasteiger partial charge in [-0.2, -0.15) is 0 Å². The van der Waals surface area contributed by atoms with Gasteiger partial charge in [-0.05, 0) is 18.2 Å². The molecule has 4 heteroatoms. The second kappa shape index (κ2) is 6.02. The van der Waals surface area contributed by atoms with Crippen LogP contribution in [0.1, 0.15) is 0 Å². The fraction of sp³-hybridized carbons (Fsp3) is 0.333. The van der Waals surface area contributed by atoms with Gasteiger partial charge in [-0.25, -0.2) is 0 Å². The summed E-state index contributed by atoms with van der Waals surface area (Å²) >= 11 is 0. The van der Waals surface area contributed by atoms with Crippen molar-refractivity contribution >= 4 is 17.1 Å². The van der Waals surface area contributed by atoms with Crippen molar-refractivity contribution in [1.82, 2.24) is 0 Å². The first-order valence-electron chi connectivity index (χ1n) is 5.15. The maximum absolute atomic E-state index is 5.87.